The van der Waals surface area contributed by atoms with Crippen LogP contribution in [0.1, 0.15) is 20.8 Å². The van der Waals surface area contributed by atoms with Gasteiger partial charge >= 0.3 is 11.9 Å². The lowest BCUT2D eigenvalue weighted by Crippen LogP contribution is -2.58. The Bertz CT molecular complexity index is 271. The van der Waals surface area contributed by atoms with Gasteiger partial charge in [-0.3, -0.25) is 5.21 Å². The Labute approximate surface area is 92.5 Å². The molecule has 8 nitrogen and oxygen atoms in total. The Kier molecular flexibility index (Phi) is 5.31. The molecule has 0 aromatic carbocycles. The van der Waals surface area contributed by atoms with E-state index in [1.54, 1.807) is 0 Å². The highest BCUT2D eigenvalue weighted by Gasteiger charge is 2.49. The molecule has 0 bridgehead atoms. The van der Waals surface area contributed by atoms with E-state index in [1.165, 1.54) is 13.8 Å². The number of aliphatic carboxylic acids is 1. The lowest BCUT2D eigenvalue weighted by atomic mass is 10.0. The summed E-state index contributed by atoms with van der Waals surface area (Å²) in [5.74, 6) is -2.86. The molecule has 0 aromatic heterocycles. The Morgan fingerprint density at radius 3 is 2.06 bits per heavy atom. The lowest BCUT2D eigenvalue weighted by Gasteiger charge is -2.30. The van der Waals surface area contributed by atoms with Crippen LogP contribution in [0.2, 0.25) is 0 Å². The zero-order chi connectivity index (χ0) is 12.9. The topological polar surface area (TPSA) is 111 Å². The quantitative estimate of drug-likeness (QED) is 0.426. The molecule has 0 saturated heterocycles. The van der Waals surface area contributed by atoms with Crippen molar-refractivity contribution >= 4 is 11.9 Å². The minimum Gasteiger partial charge on any atom is -0.479 e. The van der Waals surface area contributed by atoms with Gasteiger partial charge in [-0.1, -0.05) is 6.92 Å². The van der Waals surface area contributed by atoms with Gasteiger partial charge in [-0.05, 0) is 19.1 Å². The third-order valence-electron chi connectivity index (χ3n) is 2.09. The van der Waals surface area contributed by atoms with Crippen molar-refractivity contribution in [1.82, 2.24) is 10.3 Å². The van der Waals surface area contributed by atoms with Gasteiger partial charge in [0, 0.05) is 6.54 Å². The van der Waals surface area contributed by atoms with Crippen LogP contribution >= 0.6 is 0 Å². The maximum atomic E-state index is 11.5. The molecule has 3 N–H and O–H groups in total. The first-order chi connectivity index (χ1) is 7.30. The Balaban J connectivity index is 4.92. The predicted octanol–water partition coefficient (Wildman–Crippen LogP) is -0.290. The molecule has 0 amide bonds. The fraction of sp³-hybridized carbons (Fsp3) is 0.750. The monoisotopic (exact) mass is 236 g/mol. The normalized spacial score (nSPS) is 14.9. The van der Waals surface area contributed by atoms with E-state index in [4.69, 9.17) is 10.3 Å². The first-order valence-corrected chi connectivity index (χ1v) is 4.69. The molecule has 0 aliphatic carbocycles. The first-order valence-electron chi connectivity index (χ1n) is 4.69. The van der Waals surface area contributed by atoms with Crippen LogP contribution in [-0.2, 0) is 14.4 Å². The second kappa shape index (κ2) is 5.75. The molecule has 0 heterocycles. The summed E-state index contributed by atoms with van der Waals surface area (Å²) in [6.45, 7) is 3.81. The zero-order valence-electron chi connectivity index (χ0n) is 9.38. The third-order valence-corrected chi connectivity index (χ3v) is 2.09. The van der Waals surface area contributed by atoms with Gasteiger partial charge in [0.2, 0.25) is 5.54 Å². The Morgan fingerprint density at radius 1 is 1.25 bits per heavy atom. The number of rotatable bonds is 6. The van der Waals surface area contributed by atoms with Crippen LogP contribution < -0.4 is 0 Å². The van der Waals surface area contributed by atoms with E-state index in [2.05, 4.69) is 4.84 Å². The molecular weight excluding hydrogens is 220 g/mol. The zero-order valence-corrected chi connectivity index (χ0v) is 9.38. The fourth-order valence-corrected chi connectivity index (χ4v) is 0.868. The fourth-order valence-electron chi connectivity index (χ4n) is 0.868. The van der Waals surface area contributed by atoms with Crippen LogP contribution in [0, 0.1) is 0 Å². The van der Waals surface area contributed by atoms with Crippen molar-refractivity contribution in [3.8, 4) is 0 Å². The van der Waals surface area contributed by atoms with Crippen molar-refractivity contribution < 1.29 is 29.9 Å². The van der Waals surface area contributed by atoms with Crippen molar-refractivity contribution in [3.05, 3.63) is 0 Å². The molecule has 16 heavy (non-hydrogen) atoms. The van der Waals surface area contributed by atoms with E-state index < -0.39 is 17.5 Å². The van der Waals surface area contributed by atoms with E-state index in [1.807, 2.05) is 0 Å². The highest BCUT2D eigenvalue weighted by molar-refractivity contribution is 6.03. The second-order valence-corrected chi connectivity index (χ2v) is 3.14. The minimum atomic E-state index is -2.26. The summed E-state index contributed by atoms with van der Waals surface area (Å²) < 4.78 is 0. The van der Waals surface area contributed by atoms with Crippen LogP contribution in [0.4, 0.5) is 0 Å². The molecule has 0 spiro atoms. The summed E-state index contributed by atoms with van der Waals surface area (Å²) in [5.41, 5.74) is -2.26. The number of hydrogen-bond donors (Lipinski definition) is 3. The largest absolute Gasteiger partial charge is 0.479 e. The van der Waals surface area contributed by atoms with Gasteiger partial charge in [-0.2, -0.15) is 5.06 Å². The number of hydrogen-bond acceptors (Lipinski definition) is 7. The SMILES string of the molecule is CCN(O)OC(=O)C(C)(C(=O)O)N(O)CC. The van der Waals surface area contributed by atoms with E-state index in [0.717, 1.165) is 6.92 Å². The van der Waals surface area contributed by atoms with Crippen LogP contribution in [0.3, 0.4) is 0 Å². The molecule has 1 unspecified atom stereocenters. The molecule has 0 aliphatic heterocycles. The number of likely N-dealkylation sites (N-methyl/N-ethyl adjacent to an activating group) is 1. The molecule has 0 fully saturated rings. The van der Waals surface area contributed by atoms with E-state index in [-0.39, 0.29) is 18.3 Å². The molecule has 0 saturated carbocycles. The molecule has 0 aromatic rings. The van der Waals surface area contributed by atoms with Gasteiger partial charge in [0.25, 0.3) is 0 Å². The van der Waals surface area contributed by atoms with Gasteiger partial charge in [0.1, 0.15) is 0 Å². The third kappa shape index (κ3) is 2.89. The van der Waals surface area contributed by atoms with E-state index in [9.17, 15) is 14.8 Å². The number of carbonyl (C=O) groups is 2. The summed E-state index contributed by atoms with van der Waals surface area (Å²) in [6, 6.07) is 0. The summed E-state index contributed by atoms with van der Waals surface area (Å²) in [7, 11) is 0. The minimum absolute atomic E-state index is 0.0288. The maximum Gasteiger partial charge on any atom is 0.361 e. The Hall–Kier alpha value is -1.22. The number of nitrogens with zero attached hydrogens (tertiary/aromatic N) is 2. The Morgan fingerprint density at radius 2 is 1.75 bits per heavy atom. The number of carboxylic acid groups (broad SMARTS) is 1. The van der Waals surface area contributed by atoms with Gasteiger partial charge in [0.05, 0.1) is 6.54 Å². The molecule has 1 atom stereocenters. The average Bonchev–Trinajstić information content (AvgIpc) is 2.25. The van der Waals surface area contributed by atoms with E-state index in [0.29, 0.717) is 5.06 Å². The molecule has 94 valence electrons. The highest BCUT2D eigenvalue weighted by Crippen LogP contribution is 2.16. The van der Waals surface area contributed by atoms with Crippen LogP contribution in [0.15, 0.2) is 0 Å². The van der Waals surface area contributed by atoms with Gasteiger partial charge in [0.15, 0.2) is 0 Å². The summed E-state index contributed by atoms with van der Waals surface area (Å²) >= 11 is 0. The van der Waals surface area contributed by atoms with Gasteiger partial charge < -0.3 is 15.2 Å². The molecule has 8 heteroatoms. The van der Waals surface area contributed by atoms with Gasteiger partial charge in [-0.25, -0.2) is 9.59 Å². The van der Waals surface area contributed by atoms with Crippen molar-refractivity contribution in [2.24, 2.45) is 0 Å². The lowest BCUT2D eigenvalue weighted by molar-refractivity contribution is -0.324. The maximum absolute atomic E-state index is 11.5. The smallest absolute Gasteiger partial charge is 0.361 e. The summed E-state index contributed by atoms with van der Waals surface area (Å²) in [4.78, 5) is 26.7. The molecular formula is C8H16N2O6. The van der Waals surface area contributed by atoms with Crippen molar-refractivity contribution in [1.29, 1.82) is 0 Å². The van der Waals surface area contributed by atoms with Crippen molar-refractivity contribution in [2.75, 3.05) is 13.1 Å². The van der Waals surface area contributed by atoms with Crippen LogP contribution in [0.25, 0.3) is 0 Å². The van der Waals surface area contributed by atoms with Crippen molar-refractivity contribution in [3.63, 3.8) is 0 Å². The molecule has 0 aliphatic rings. The van der Waals surface area contributed by atoms with Crippen LogP contribution in [0.5, 0.6) is 0 Å². The molecule has 0 radical (unpaired) electrons. The van der Waals surface area contributed by atoms with Crippen LogP contribution in [-0.4, -0.2) is 56.4 Å². The summed E-state index contributed by atoms with van der Waals surface area (Å²) in [5, 5.41) is 27.7. The van der Waals surface area contributed by atoms with Crippen molar-refractivity contribution in [2.45, 2.75) is 26.3 Å². The van der Waals surface area contributed by atoms with Gasteiger partial charge in [-0.15, -0.1) is 0 Å². The molecule has 0 rings (SSSR count). The number of hydroxylamine groups is 4. The van der Waals surface area contributed by atoms with E-state index >= 15 is 0 Å². The summed E-state index contributed by atoms with van der Waals surface area (Å²) in [6.07, 6.45) is 0. The number of carboxylic acids is 1. The average molecular weight is 236 g/mol. The predicted molar refractivity (Wildman–Crippen MR) is 50.5 cm³/mol. The number of carbonyl (C=O) groups excluding carboxylic acids is 1. The second-order valence-electron chi connectivity index (χ2n) is 3.14. The standard InChI is InChI=1S/C8H16N2O6/c1-4-9(14)8(3,6(11)12)7(13)16-10(15)5-2/h14-15H,4-5H2,1-3H3,(H,11,12). The first kappa shape index (κ1) is 14.8. The highest BCUT2D eigenvalue weighted by atomic mass is 16.9.